The summed E-state index contributed by atoms with van der Waals surface area (Å²) in [4.78, 5) is 5.73. The maximum Gasteiger partial charge on any atom is 0.268 e. The first kappa shape index (κ1) is 10.3. The van der Waals surface area contributed by atoms with E-state index in [2.05, 4.69) is 6.92 Å². The van der Waals surface area contributed by atoms with Crippen LogP contribution in [0.15, 0.2) is 29.2 Å². The third-order valence-corrected chi connectivity index (χ3v) is 4.89. The molecule has 0 N–H and O–H groups in total. The third kappa shape index (κ3) is 1.08. The van der Waals surface area contributed by atoms with Gasteiger partial charge in [0.2, 0.25) is 5.72 Å². The highest BCUT2D eigenvalue weighted by Crippen LogP contribution is 2.59. The van der Waals surface area contributed by atoms with E-state index in [1.54, 1.807) is 12.1 Å². The van der Waals surface area contributed by atoms with Crippen LogP contribution in [0, 0.1) is 0 Å². The molecule has 1 aromatic carbocycles. The fourth-order valence-electron chi connectivity index (χ4n) is 2.30. The van der Waals surface area contributed by atoms with Gasteiger partial charge in [-0.2, -0.15) is 0 Å². The summed E-state index contributed by atoms with van der Waals surface area (Å²) in [7, 11) is -3.39. The molecule has 0 saturated carbocycles. The molecule has 0 aromatic heterocycles. The summed E-state index contributed by atoms with van der Waals surface area (Å²) in [6.45, 7) is 2.08. The number of nitrogens with zero attached hydrogens (tertiary/aromatic N) is 1. The Morgan fingerprint density at radius 3 is 2.88 bits per heavy atom. The molecule has 0 bridgehead atoms. The Morgan fingerprint density at radius 2 is 2.12 bits per heavy atom. The van der Waals surface area contributed by atoms with E-state index in [-0.39, 0.29) is 0 Å². The minimum atomic E-state index is -3.39. The predicted molar refractivity (Wildman–Crippen MR) is 57.8 cm³/mol. The van der Waals surface area contributed by atoms with Crippen molar-refractivity contribution in [3.05, 3.63) is 29.8 Å². The lowest BCUT2D eigenvalue weighted by atomic mass is 10.00. The Hall–Kier alpha value is -0.910. The van der Waals surface area contributed by atoms with E-state index in [0.717, 1.165) is 29.3 Å². The van der Waals surface area contributed by atoms with Crippen LogP contribution in [0.1, 0.15) is 31.7 Å². The average Bonchev–Trinajstić information content (AvgIpc) is 2.99. The molecule has 4 nitrogen and oxygen atoms in total. The van der Waals surface area contributed by atoms with Crippen LogP contribution in [0.25, 0.3) is 0 Å². The molecule has 1 fully saturated rings. The van der Waals surface area contributed by atoms with Gasteiger partial charge in [0, 0.05) is 5.56 Å². The van der Waals surface area contributed by atoms with Gasteiger partial charge in [-0.1, -0.05) is 31.5 Å². The lowest BCUT2D eigenvalue weighted by Crippen LogP contribution is -2.11. The number of unbranched alkanes of at least 4 members (excludes halogenated alkanes) is 1. The van der Waals surface area contributed by atoms with Crippen LogP contribution < -0.4 is 0 Å². The van der Waals surface area contributed by atoms with E-state index < -0.39 is 15.7 Å². The molecule has 0 aliphatic carbocycles. The predicted octanol–water partition coefficient (Wildman–Crippen LogP) is 1.98. The lowest BCUT2D eigenvalue weighted by molar-refractivity contribution is 0.237. The Balaban J connectivity index is 2.10. The van der Waals surface area contributed by atoms with E-state index in [1.165, 1.54) is 0 Å². The molecule has 2 heterocycles. The van der Waals surface area contributed by atoms with Crippen LogP contribution in [0.2, 0.25) is 0 Å². The maximum atomic E-state index is 12.0. The number of benzene rings is 1. The van der Waals surface area contributed by atoms with Gasteiger partial charge in [0.1, 0.15) is 0 Å². The number of rotatable bonds is 3. The molecule has 2 aliphatic rings. The molecule has 2 atom stereocenters. The topological polar surface area (TPSA) is 49.7 Å². The fraction of sp³-hybridized carbons (Fsp3) is 0.455. The summed E-state index contributed by atoms with van der Waals surface area (Å²) in [5, 5.41) is 0. The summed E-state index contributed by atoms with van der Waals surface area (Å²) in [5.74, 6) is 0. The Morgan fingerprint density at radius 1 is 1.38 bits per heavy atom. The summed E-state index contributed by atoms with van der Waals surface area (Å²) in [5.41, 5.74) is 0.120. The molecular weight excluding hydrogens is 226 g/mol. The minimum Gasteiger partial charge on any atom is -0.250 e. The summed E-state index contributed by atoms with van der Waals surface area (Å²) in [6.07, 6.45) is 2.72. The van der Waals surface area contributed by atoms with Gasteiger partial charge >= 0.3 is 0 Å². The highest BCUT2D eigenvalue weighted by atomic mass is 32.2. The summed E-state index contributed by atoms with van der Waals surface area (Å²) >= 11 is 0. The Labute approximate surface area is 94.8 Å². The zero-order valence-corrected chi connectivity index (χ0v) is 9.83. The zero-order valence-electron chi connectivity index (χ0n) is 9.01. The average molecular weight is 239 g/mol. The molecule has 3 rings (SSSR count). The molecule has 0 spiro atoms. The van der Waals surface area contributed by atoms with Crippen molar-refractivity contribution in [1.82, 2.24) is 4.47 Å². The first-order valence-electron chi connectivity index (χ1n) is 5.47. The fourth-order valence-corrected chi connectivity index (χ4v) is 4.03. The number of hydrogen-bond acceptors (Lipinski definition) is 3. The van der Waals surface area contributed by atoms with E-state index >= 15 is 0 Å². The van der Waals surface area contributed by atoms with Gasteiger partial charge in [-0.15, -0.1) is 0 Å². The molecule has 1 aromatic rings. The molecule has 2 aliphatic heterocycles. The third-order valence-electron chi connectivity index (χ3n) is 3.17. The van der Waals surface area contributed by atoms with Crippen molar-refractivity contribution in [3.8, 4) is 0 Å². The number of hydroxylamine groups is 1. The first-order chi connectivity index (χ1) is 7.63. The highest BCUT2D eigenvalue weighted by molar-refractivity contribution is 7.89. The van der Waals surface area contributed by atoms with Crippen molar-refractivity contribution >= 4 is 10.0 Å². The SMILES string of the molecule is CCCC[C@@]12ON1S(=O)(=O)c1ccccc12. The standard InChI is InChI=1S/C11H13NO3S/c1-2-3-8-11-9-6-4-5-7-10(9)16(13,14)12(11)15-11/h4-7H,2-3,8H2,1H3/t11-,12?/m0/s1. The normalized spacial score (nSPS) is 33.2. The van der Waals surface area contributed by atoms with Gasteiger partial charge in [0.15, 0.2) is 0 Å². The van der Waals surface area contributed by atoms with Crippen LogP contribution in [0.3, 0.4) is 0 Å². The monoisotopic (exact) mass is 239 g/mol. The van der Waals surface area contributed by atoms with E-state index in [4.69, 9.17) is 4.84 Å². The van der Waals surface area contributed by atoms with Crippen LogP contribution in [0.5, 0.6) is 0 Å². The van der Waals surface area contributed by atoms with E-state index in [1.807, 2.05) is 12.1 Å². The molecule has 16 heavy (non-hydrogen) atoms. The Bertz CT molecular complexity index is 540. The largest absolute Gasteiger partial charge is 0.268 e. The Kier molecular flexibility index (Phi) is 1.96. The second kappa shape index (κ2) is 3.06. The van der Waals surface area contributed by atoms with E-state index in [0.29, 0.717) is 4.90 Å². The second-order valence-corrected chi connectivity index (χ2v) is 5.93. The van der Waals surface area contributed by atoms with Crippen LogP contribution >= 0.6 is 0 Å². The van der Waals surface area contributed by atoms with Crippen molar-refractivity contribution in [1.29, 1.82) is 0 Å². The van der Waals surface area contributed by atoms with Crippen molar-refractivity contribution < 1.29 is 13.3 Å². The number of sulfonamides is 1. The number of hydrogen-bond donors (Lipinski definition) is 0. The quantitative estimate of drug-likeness (QED) is 0.758. The van der Waals surface area contributed by atoms with Gasteiger partial charge in [-0.25, -0.2) is 13.3 Å². The van der Waals surface area contributed by atoms with Gasteiger partial charge in [-0.05, 0) is 23.4 Å². The minimum absolute atomic E-state index is 0.400. The van der Waals surface area contributed by atoms with Crippen molar-refractivity contribution in [3.63, 3.8) is 0 Å². The zero-order chi connectivity index (χ0) is 11.4. The van der Waals surface area contributed by atoms with Gasteiger partial charge in [0.25, 0.3) is 10.0 Å². The molecular formula is C11H13NO3S. The van der Waals surface area contributed by atoms with Gasteiger partial charge in [0.05, 0.1) is 4.90 Å². The highest BCUT2D eigenvalue weighted by Gasteiger charge is 2.69. The van der Waals surface area contributed by atoms with Crippen molar-refractivity contribution in [2.45, 2.75) is 36.8 Å². The smallest absolute Gasteiger partial charge is 0.250 e. The van der Waals surface area contributed by atoms with Crippen LogP contribution in [-0.2, 0) is 20.6 Å². The molecule has 5 heteroatoms. The van der Waals surface area contributed by atoms with E-state index in [9.17, 15) is 8.42 Å². The molecule has 86 valence electrons. The maximum absolute atomic E-state index is 12.0. The first-order valence-corrected chi connectivity index (χ1v) is 6.91. The number of fused-ring (bicyclic) bond motifs is 3. The second-order valence-electron chi connectivity index (χ2n) is 4.21. The lowest BCUT2D eigenvalue weighted by Gasteiger charge is -2.06. The molecule has 0 radical (unpaired) electrons. The van der Waals surface area contributed by atoms with Gasteiger partial charge in [-0.3, -0.25) is 0 Å². The van der Waals surface area contributed by atoms with Crippen molar-refractivity contribution in [2.24, 2.45) is 0 Å². The summed E-state index contributed by atoms with van der Waals surface area (Å²) in [6, 6.07) is 7.09. The van der Waals surface area contributed by atoms with Crippen molar-refractivity contribution in [2.75, 3.05) is 0 Å². The van der Waals surface area contributed by atoms with Gasteiger partial charge < -0.3 is 0 Å². The molecule has 0 amide bonds. The summed E-state index contributed by atoms with van der Waals surface area (Å²) < 4.78 is 25.1. The molecule has 1 saturated heterocycles. The van der Waals surface area contributed by atoms with Crippen LogP contribution in [0.4, 0.5) is 0 Å². The molecule has 1 unspecified atom stereocenters. The van der Waals surface area contributed by atoms with Crippen LogP contribution in [-0.4, -0.2) is 12.9 Å².